The van der Waals surface area contributed by atoms with Crippen LogP contribution >= 0.6 is 11.6 Å². The summed E-state index contributed by atoms with van der Waals surface area (Å²) in [5.74, 6) is 0.251. The maximum atomic E-state index is 12.6. The van der Waals surface area contributed by atoms with Crippen molar-refractivity contribution in [2.45, 2.75) is 37.0 Å². The number of nitrogens with two attached hydrogens (primary N) is 4. The second-order valence-corrected chi connectivity index (χ2v) is 10.6. The number of pyridine rings is 1. The third kappa shape index (κ3) is 6.48. The minimum absolute atomic E-state index is 0.0281. The fourth-order valence-corrected chi connectivity index (χ4v) is 5.19. The van der Waals surface area contributed by atoms with Crippen LogP contribution in [-0.4, -0.2) is 81.3 Å². The number of nitrogens with one attached hydrogen (secondary N) is 2. The minimum atomic E-state index is -0.546. The smallest absolute Gasteiger partial charge is 0.261 e. The van der Waals surface area contributed by atoms with Crippen LogP contribution in [0, 0.1) is 0 Å². The van der Waals surface area contributed by atoms with Crippen molar-refractivity contribution < 1.29 is 9.90 Å². The Morgan fingerprint density at radius 1 is 0.900 bits per heavy atom. The average molecular weight is 569 g/mol. The number of hydrogen-bond donors (Lipinski definition) is 7. The molecule has 0 aliphatic carbocycles. The third-order valence-corrected chi connectivity index (χ3v) is 7.03. The van der Waals surface area contributed by atoms with Crippen LogP contribution in [-0.2, 0) is 0 Å². The van der Waals surface area contributed by atoms with Crippen molar-refractivity contribution in [1.29, 1.82) is 0 Å². The number of nitrogens with zero attached hydrogens (tertiary/aromatic N) is 6. The molecule has 11 N–H and O–H groups in total. The van der Waals surface area contributed by atoms with Gasteiger partial charge in [0, 0.05) is 62.2 Å². The van der Waals surface area contributed by atoms with E-state index in [1.54, 1.807) is 24.3 Å². The first-order valence-corrected chi connectivity index (χ1v) is 13.3. The SMILES string of the molecule is N[C@@H]1C[C@H](N)CN(c2nc(Nc3ccc(NC(=O)c4cccnc4O)c(Cl)c3)nc(N3C[C@H](N)C[C@H](N)C3)n2)C1. The number of benzene rings is 1. The molecule has 4 atom stereocenters. The highest BCUT2D eigenvalue weighted by atomic mass is 35.5. The van der Waals surface area contributed by atoms with E-state index in [9.17, 15) is 9.90 Å². The third-order valence-electron chi connectivity index (χ3n) is 6.71. The first-order chi connectivity index (χ1) is 19.1. The lowest BCUT2D eigenvalue weighted by molar-refractivity contribution is 0.102. The van der Waals surface area contributed by atoms with Gasteiger partial charge in [0.15, 0.2) is 0 Å². The molecule has 0 radical (unpaired) electrons. The van der Waals surface area contributed by atoms with E-state index in [0.717, 1.165) is 12.8 Å². The number of aromatic hydroxyl groups is 1. The Bertz CT molecular complexity index is 1310. The number of aromatic nitrogens is 4. The van der Waals surface area contributed by atoms with Crippen LogP contribution in [0.5, 0.6) is 5.88 Å². The van der Waals surface area contributed by atoms with E-state index < -0.39 is 5.91 Å². The van der Waals surface area contributed by atoms with Crippen molar-refractivity contribution in [2.24, 2.45) is 22.9 Å². The van der Waals surface area contributed by atoms with Crippen molar-refractivity contribution in [3.05, 3.63) is 47.1 Å². The molecule has 0 saturated carbocycles. The van der Waals surface area contributed by atoms with E-state index in [0.29, 0.717) is 49.5 Å². The summed E-state index contributed by atoms with van der Waals surface area (Å²) < 4.78 is 0. The number of amides is 1. The molecule has 1 aromatic carbocycles. The fourth-order valence-electron chi connectivity index (χ4n) is 4.96. The number of hydrogen-bond acceptors (Lipinski definition) is 13. The van der Waals surface area contributed by atoms with E-state index in [1.165, 1.54) is 12.3 Å². The van der Waals surface area contributed by atoms with Gasteiger partial charge in [-0.2, -0.15) is 15.0 Å². The molecule has 15 heteroatoms. The second kappa shape index (κ2) is 11.7. The number of carbonyl (C=O) groups is 1. The summed E-state index contributed by atoms with van der Waals surface area (Å²) in [6.45, 7) is 2.23. The Labute approximate surface area is 236 Å². The highest BCUT2D eigenvalue weighted by molar-refractivity contribution is 6.34. The zero-order valence-electron chi connectivity index (χ0n) is 21.7. The summed E-state index contributed by atoms with van der Waals surface area (Å²) in [5.41, 5.74) is 25.9. The summed E-state index contributed by atoms with van der Waals surface area (Å²) >= 11 is 6.48. The van der Waals surface area contributed by atoms with Crippen LogP contribution in [0.25, 0.3) is 0 Å². The minimum Gasteiger partial charge on any atom is -0.493 e. The van der Waals surface area contributed by atoms with E-state index in [1.807, 2.05) is 9.80 Å². The first-order valence-electron chi connectivity index (χ1n) is 12.9. The molecule has 14 nitrogen and oxygen atoms in total. The fraction of sp³-hybridized carbons (Fsp3) is 0.400. The summed E-state index contributed by atoms with van der Waals surface area (Å²) in [7, 11) is 0. The molecular weight excluding hydrogens is 536 g/mol. The van der Waals surface area contributed by atoms with Crippen molar-refractivity contribution >= 4 is 46.7 Å². The summed E-state index contributed by atoms with van der Waals surface area (Å²) in [4.78, 5) is 34.2. The maximum absolute atomic E-state index is 12.6. The standard InChI is InChI=1S/C25H33ClN12O2/c26-19-8-17(3-4-20(19)33-22(40)18-2-1-5-31-21(18)39)32-23-34-24(37-9-13(27)6-14(28)10-37)36-25(35-23)38-11-15(29)7-16(30)12-38/h1-5,8,13-16H,6-7,9-12,27-30H2,(H,31,39)(H,33,40)(H,32,34,35,36)/t13-,14+,15-,16+. The lowest BCUT2D eigenvalue weighted by atomic mass is 10.0. The number of carbonyl (C=O) groups excluding carboxylic acids is 1. The Balaban J connectivity index is 1.40. The second-order valence-electron chi connectivity index (χ2n) is 10.2. The summed E-state index contributed by atoms with van der Waals surface area (Å²) in [6, 6.07) is 7.57. The van der Waals surface area contributed by atoms with Crippen LogP contribution < -0.4 is 43.4 Å². The molecule has 0 unspecified atom stereocenters. The molecule has 3 aromatic rings. The largest absolute Gasteiger partial charge is 0.493 e. The molecule has 40 heavy (non-hydrogen) atoms. The Hall–Kier alpha value is -3.82. The molecule has 2 aliphatic rings. The van der Waals surface area contributed by atoms with Crippen LogP contribution in [0.4, 0.5) is 29.2 Å². The number of piperidine rings is 2. The van der Waals surface area contributed by atoms with Crippen LogP contribution in [0.1, 0.15) is 23.2 Å². The molecule has 2 aliphatic heterocycles. The van der Waals surface area contributed by atoms with Crippen molar-refractivity contribution in [3.8, 4) is 5.88 Å². The highest BCUT2D eigenvalue weighted by Crippen LogP contribution is 2.29. The van der Waals surface area contributed by atoms with Crippen molar-refractivity contribution in [1.82, 2.24) is 19.9 Å². The van der Waals surface area contributed by atoms with E-state index in [2.05, 4.69) is 25.6 Å². The van der Waals surface area contributed by atoms with Gasteiger partial charge in [-0.15, -0.1) is 0 Å². The lowest BCUT2D eigenvalue weighted by Gasteiger charge is -2.37. The zero-order valence-corrected chi connectivity index (χ0v) is 22.5. The van der Waals surface area contributed by atoms with Gasteiger partial charge in [0.1, 0.15) is 5.56 Å². The maximum Gasteiger partial charge on any atom is 0.261 e. The van der Waals surface area contributed by atoms with Gasteiger partial charge in [-0.25, -0.2) is 4.98 Å². The van der Waals surface area contributed by atoms with Crippen molar-refractivity contribution in [3.63, 3.8) is 0 Å². The van der Waals surface area contributed by atoms with Gasteiger partial charge >= 0.3 is 0 Å². The van der Waals surface area contributed by atoms with Gasteiger partial charge in [-0.05, 0) is 43.2 Å². The van der Waals surface area contributed by atoms with Gasteiger partial charge < -0.3 is 48.5 Å². The van der Waals surface area contributed by atoms with Gasteiger partial charge in [0.25, 0.3) is 5.91 Å². The average Bonchev–Trinajstić information content (AvgIpc) is 2.89. The van der Waals surface area contributed by atoms with Gasteiger partial charge in [-0.1, -0.05) is 11.6 Å². The van der Waals surface area contributed by atoms with Gasteiger partial charge in [-0.3, -0.25) is 4.79 Å². The molecule has 5 rings (SSSR count). The Morgan fingerprint density at radius 3 is 2.00 bits per heavy atom. The number of anilines is 5. The topological polar surface area (TPSA) is 223 Å². The number of rotatable bonds is 6. The molecular formula is C25H33ClN12O2. The van der Waals surface area contributed by atoms with Gasteiger partial charge in [0.2, 0.25) is 23.7 Å². The quantitative estimate of drug-likeness (QED) is 0.213. The van der Waals surface area contributed by atoms with Crippen LogP contribution in [0.3, 0.4) is 0 Å². The van der Waals surface area contributed by atoms with E-state index in [-0.39, 0.29) is 46.6 Å². The first kappa shape index (κ1) is 27.7. The molecule has 0 bridgehead atoms. The highest BCUT2D eigenvalue weighted by Gasteiger charge is 2.29. The Morgan fingerprint density at radius 2 is 1.48 bits per heavy atom. The molecule has 0 spiro atoms. The molecule has 212 valence electrons. The summed E-state index contributed by atoms with van der Waals surface area (Å²) in [6.07, 6.45) is 2.83. The normalized spacial score (nSPS) is 23.1. The molecule has 2 aromatic heterocycles. The van der Waals surface area contributed by atoms with E-state index >= 15 is 0 Å². The van der Waals surface area contributed by atoms with E-state index in [4.69, 9.17) is 39.5 Å². The van der Waals surface area contributed by atoms with Gasteiger partial charge in [0.05, 0.1) is 10.7 Å². The molecule has 4 heterocycles. The monoisotopic (exact) mass is 568 g/mol. The van der Waals surface area contributed by atoms with Crippen LogP contribution in [0.2, 0.25) is 5.02 Å². The zero-order chi connectivity index (χ0) is 28.4. The predicted molar refractivity (Wildman–Crippen MR) is 154 cm³/mol. The molecule has 2 fully saturated rings. The van der Waals surface area contributed by atoms with Crippen LogP contribution in [0.15, 0.2) is 36.5 Å². The lowest BCUT2D eigenvalue weighted by Crippen LogP contribution is -2.54. The van der Waals surface area contributed by atoms with Crippen molar-refractivity contribution in [2.75, 3.05) is 46.6 Å². The number of halogens is 1. The Kier molecular flexibility index (Phi) is 8.14. The summed E-state index contributed by atoms with van der Waals surface area (Å²) in [5, 5.41) is 16.0. The molecule has 2 saturated heterocycles. The predicted octanol–water partition coefficient (Wildman–Crippen LogP) is 0.351. The molecule has 1 amide bonds.